The quantitative estimate of drug-likeness (QED) is 0.590. The fraction of sp³-hybridized carbons (Fsp3) is 0.348. The van der Waals surface area contributed by atoms with Gasteiger partial charge in [0, 0.05) is 11.4 Å². The monoisotopic (exact) mass is 394 g/mol. The van der Waals surface area contributed by atoms with E-state index < -0.39 is 11.4 Å². The van der Waals surface area contributed by atoms with Crippen LogP contribution in [-0.2, 0) is 19.7 Å². The van der Waals surface area contributed by atoms with Crippen LogP contribution in [0.1, 0.15) is 49.5 Å². The number of para-hydroxylation sites is 1. The molecule has 2 amide bonds. The summed E-state index contributed by atoms with van der Waals surface area (Å²) in [7, 11) is 1.30. The lowest BCUT2D eigenvalue weighted by atomic mass is 9.85. The first-order valence-electron chi connectivity index (χ1n) is 9.58. The van der Waals surface area contributed by atoms with E-state index in [0.717, 1.165) is 11.3 Å². The molecule has 1 aliphatic carbocycles. The Labute approximate surface area is 170 Å². The number of hydrogen-bond donors (Lipinski definition) is 2. The van der Waals surface area contributed by atoms with Crippen molar-refractivity contribution in [1.82, 2.24) is 0 Å². The topological polar surface area (TPSA) is 84.5 Å². The maximum atomic E-state index is 13.0. The van der Waals surface area contributed by atoms with Crippen LogP contribution in [-0.4, -0.2) is 24.9 Å². The third-order valence-electron chi connectivity index (χ3n) is 5.14. The summed E-state index contributed by atoms with van der Waals surface area (Å²) in [4.78, 5) is 37.5. The highest BCUT2D eigenvalue weighted by atomic mass is 16.5. The minimum atomic E-state index is -1.09. The standard InChI is InChI=1S/C23H26N2O4/c1-22(2,3)17-10-5-6-11-18(17)25-21(28)23(12-13-23)20(27)24-16-9-7-8-15(14-16)19(26)29-4/h5-11,14H,12-13H2,1-4H3,(H,24,27)(H,25,28). The molecule has 0 radical (unpaired) electrons. The summed E-state index contributed by atoms with van der Waals surface area (Å²) in [6.45, 7) is 6.23. The number of anilines is 2. The lowest BCUT2D eigenvalue weighted by molar-refractivity contribution is -0.131. The molecule has 3 rings (SSSR count). The number of hydrogen-bond acceptors (Lipinski definition) is 4. The average molecular weight is 394 g/mol. The molecule has 2 aromatic rings. The molecule has 1 aliphatic rings. The van der Waals surface area contributed by atoms with Gasteiger partial charge in [0.05, 0.1) is 12.7 Å². The highest BCUT2D eigenvalue weighted by Gasteiger charge is 2.56. The molecule has 0 bridgehead atoms. The summed E-state index contributed by atoms with van der Waals surface area (Å²) in [5.74, 6) is -1.17. The van der Waals surface area contributed by atoms with Gasteiger partial charge in [-0.2, -0.15) is 0 Å². The van der Waals surface area contributed by atoms with E-state index in [9.17, 15) is 14.4 Å². The minimum Gasteiger partial charge on any atom is -0.465 e. The number of benzene rings is 2. The molecule has 0 aliphatic heterocycles. The molecule has 0 aromatic heterocycles. The van der Waals surface area contributed by atoms with Gasteiger partial charge >= 0.3 is 5.97 Å². The van der Waals surface area contributed by atoms with Crippen LogP contribution in [0.4, 0.5) is 11.4 Å². The molecule has 0 saturated heterocycles. The van der Waals surface area contributed by atoms with E-state index in [4.69, 9.17) is 4.74 Å². The summed E-state index contributed by atoms with van der Waals surface area (Å²) in [6.07, 6.45) is 0.970. The highest BCUT2D eigenvalue weighted by molar-refractivity contribution is 6.17. The van der Waals surface area contributed by atoms with E-state index in [2.05, 4.69) is 31.4 Å². The fourth-order valence-electron chi connectivity index (χ4n) is 3.26. The van der Waals surface area contributed by atoms with Crippen LogP contribution < -0.4 is 10.6 Å². The molecular formula is C23H26N2O4. The predicted molar refractivity (Wildman–Crippen MR) is 112 cm³/mol. The van der Waals surface area contributed by atoms with Crippen molar-refractivity contribution in [2.45, 2.75) is 39.0 Å². The Morgan fingerprint density at radius 2 is 1.59 bits per heavy atom. The molecule has 2 N–H and O–H groups in total. The Balaban J connectivity index is 1.76. The summed E-state index contributed by atoms with van der Waals surface area (Å²) >= 11 is 0. The van der Waals surface area contributed by atoms with E-state index in [1.54, 1.807) is 18.2 Å². The number of amides is 2. The Hall–Kier alpha value is -3.15. The molecule has 29 heavy (non-hydrogen) atoms. The molecule has 6 nitrogen and oxygen atoms in total. The molecule has 0 unspecified atom stereocenters. The van der Waals surface area contributed by atoms with Crippen molar-refractivity contribution >= 4 is 29.2 Å². The van der Waals surface area contributed by atoms with E-state index in [1.807, 2.05) is 24.3 Å². The van der Waals surface area contributed by atoms with Gasteiger partial charge in [0.25, 0.3) is 0 Å². The first kappa shape index (κ1) is 20.6. The van der Waals surface area contributed by atoms with Crippen LogP contribution in [0.25, 0.3) is 0 Å². The van der Waals surface area contributed by atoms with Crippen molar-refractivity contribution in [3.63, 3.8) is 0 Å². The molecule has 1 saturated carbocycles. The van der Waals surface area contributed by atoms with E-state index in [1.165, 1.54) is 13.2 Å². The molecule has 0 heterocycles. The van der Waals surface area contributed by atoms with Gasteiger partial charge in [-0.1, -0.05) is 45.0 Å². The normalized spacial score (nSPS) is 14.6. The zero-order valence-corrected chi connectivity index (χ0v) is 17.2. The molecule has 0 atom stereocenters. The smallest absolute Gasteiger partial charge is 0.337 e. The Kier molecular flexibility index (Phi) is 5.46. The molecule has 1 fully saturated rings. The molecule has 0 spiro atoms. The fourth-order valence-corrected chi connectivity index (χ4v) is 3.26. The van der Waals surface area contributed by atoms with Crippen molar-refractivity contribution in [3.05, 3.63) is 59.7 Å². The minimum absolute atomic E-state index is 0.142. The van der Waals surface area contributed by atoms with Crippen LogP contribution in [0.5, 0.6) is 0 Å². The largest absolute Gasteiger partial charge is 0.465 e. The summed E-state index contributed by atoms with van der Waals surface area (Å²) in [5.41, 5.74) is 1.28. The van der Waals surface area contributed by atoms with Crippen LogP contribution >= 0.6 is 0 Å². The lowest BCUT2D eigenvalue weighted by Crippen LogP contribution is -2.36. The second-order valence-electron chi connectivity index (χ2n) is 8.36. The van der Waals surface area contributed by atoms with Gasteiger partial charge in [-0.25, -0.2) is 4.79 Å². The number of carbonyl (C=O) groups is 3. The second kappa shape index (κ2) is 7.70. The van der Waals surface area contributed by atoms with Crippen LogP contribution in [0.15, 0.2) is 48.5 Å². The Morgan fingerprint density at radius 3 is 2.21 bits per heavy atom. The first-order chi connectivity index (χ1) is 13.7. The van der Waals surface area contributed by atoms with Gasteiger partial charge < -0.3 is 15.4 Å². The highest BCUT2D eigenvalue weighted by Crippen LogP contribution is 2.48. The van der Waals surface area contributed by atoms with Crippen LogP contribution in [0.2, 0.25) is 0 Å². The zero-order valence-electron chi connectivity index (χ0n) is 17.2. The maximum Gasteiger partial charge on any atom is 0.337 e. The molecular weight excluding hydrogens is 368 g/mol. The van der Waals surface area contributed by atoms with Crippen molar-refractivity contribution in [2.75, 3.05) is 17.7 Å². The van der Waals surface area contributed by atoms with E-state index in [0.29, 0.717) is 24.1 Å². The van der Waals surface area contributed by atoms with Gasteiger partial charge in [-0.15, -0.1) is 0 Å². The zero-order chi connectivity index (χ0) is 21.2. The summed E-state index contributed by atoms with van der Waals surface area (Å²) in [5, 5.41) is 5.72. The second-order valence-corrected chi connectivity index (χ2v) is 8.36. The van der Waals surface area contributed by atoms with Gasteiger partial charge in [0.15, 0.2) is 0 Å². The van der Waals surface area contributed by atoms with Crippen molar-refractivity contribution < 1.29 is 19.1 Å². The van der Waals surface area contributed by atoms with Crippen LogP contribution in [0, 0.1) is 5.41 Å². The van der Waals surface area contributed by atoms with Crippen LogP contribution in [0.3, 0.4) is 0 Å². The van der Waals surface area contributed by atoms with Crippen molar-refractivity contribution in [3.8, 4) is 0 Å². The predicted octanol–water partition coefficient (Wildman–Crippen LogP) is 4.13. The SMILES string of the molecule is COC(=O)c1cccc(NC(=O)C2(C(=O)Nc3ccccc3C(C)(C)C)CC2)c1. The summed E-state index contributed by atoms with van der Waals surface area (Å²) < 4.78 is 4.70. The molecule has 2 aromatic carbocycles. The Bertz CT molecular complexity index is 955. The lowest BCUT2D eigenvalue weighted by Gasteiger charge is -2.24. The number of methoxy groups -OCH3 is 1. The third kappa shape index (κ3) is 4.31. The van der Waals surface area contributed by atoms with Crippen molar-refractivity contribution in [2.24, 2.45) is 5.41 Å². The third-order valence-corrected chi connectivity index (χ3v) is 5.14. The number of esters is 1. The van der Waals surface area contributed by atoms with Gasteiger partial charge in [-0.3, -0.25) is 9.59 Å². The summed E-state index contributed by atoms with van der Waals surface area (Å²) in [6, 6.07) is 14.1. The molecule has 6 heteroatoms. The van der Waals surface area contributed by atoms with Crippen molar-refractivity contribution in [1.29, 1.82) is 0 Å². The van der Waals surface area contributed by atoms with E-state index >= 15 is 0 Å². The number of carbonyl (C=O) groups excluding carboxylic acids is 3. The first-order valence-corrected chi connectivity index (χ1v) is 9.58. The van der Waals surface area contributed by atoms with E-state index in [-0.39, 0.29) is 17.2 Å². The average Bonchev–Trinajstić information content (AvgIpc) is 3.49. The Morgan fingerprint density at radius 1 is 0.931 bits per heavy atom. The van der Waals surface area contributed by atoms with Gasteiger partial charge in [0.2, 0.25) is 11.8 Å². The van der Waals surface area contributed by atoms with Gasteiger partial charge in [0.1, 0.15) is 5.41 Å². The number of rotatable bonds is 5. The molecule has 152 valence electrons. The van der Waals surface area contributed by atoms with Gasteiger partial charge in [-0.05, 0) is 48.1 Å². The number of ether oxygens (including phenoxy) is 1. The number of nitrogens with one attached hydrogen (secondary N) is 2. The maximum absolute atomic E-state index is 13.0.